The Morgan fingerprint density at radius 1 is 1.30 bits per heavy atom. The third kappa shape index (κ3) is 5.36. The molecule has 0 atom stereocenters. The fourth-order valence-corrected chi connectivity index (χ4v) is 2.01. The quantitative estimate of drug-likeness (QED) is 0.770. The maximum absolute atomic E-state index is 12.9. The Morgan fingerprint density at radius 2 is 2.09 bits per heavy atom. The van der Waals surface area contributed by atoms with Crippen molar-refractivity contribution in [2.24, 2.45) is 0 Å². The number of nitriles is 1. The molecule has 0 bridgehead atoms. The van der Waals surface area contributed by atoms with Gasteiger partial charge in [0.1, 0.15) is 5.82 Å². The Labute approximate surface area is 134 Å². The third-order valence-electron chi connectivity index (χ3n) is 3.19. The highest BCUT2D eigenvalue weighted by Crippen LogP contribution is 2.08. The standard InChI is InChI=1S/C18H16FN3O/c19-17-7-4-15(5-8-17)6-9-18(23)22(12-2-10-20)14-16-3-1-11-21-13-16/h1,3-9,11,13H,2,12,14H2/b9-6+. The van der Waals surface area contributed by atoms with Crippen molar-refractivity contribution in [3.8, 4) is 6.07 Å². The number of carbonyl (C=O) groups excluding carboxylic acids is 1. The molecule has 1 aromatic carbocycles. The molecule has 1 amide bonds. The largest absolute Gasteiger partial charge is 0.334 e. The summed E-state index contributed by atoms with van der Waals surface area (Å²) < 4.78 is 12.9. The molecule has 0 saturated heterocycles. The number of benzene rings is 1. The lowest BCUT2D eigenvalue weighted by Gasteiger charge is -2.19. The number of halogens is 1. The minimum absolute atomic E-state index is 0.201. The van der Waals surface area contributed by atoms with E-state index in [1.165, 1.54) is 18.2 Å². The Hall–Kier alpha value is -3.00. The number of aromatic nitrogens is 1. The zero-order chi connectivity index (χ0) is 16.5. The van der Waals surface area contributed by atoms with Crippen LogP contribution >= 0.6 is 0 Å². The predicted octanol–water partition coefficient (Wildman–Crippen LogP) is 3.18. The molecular formula is C18H16FN3O. The summed E-state index contributed by atoms with van der Waals surface area (Å²) in [6.45, 7) is 0.736. The molecule has 0 aliphatic carbocycles. The molecule has 0 radical (unpaired) electrons. The minimum Gasteiger partial charge on any atom is -0.334 e. The van der Waals surface area contributed by atoms with Gasteiger partial charge in [-0.15, -0.1) is 0 Å². The molecule has 2 aromatic rings. The van der Waals surface area contributed by atoms with Crippen molar-refractivity contribution >= 4 is 12.0 Å². The van der Waals surface area contributed by atoms with Crippen molar-refractivity contribution < 1.29 is 9.18 Å². The summed E-state index contributed by atoms with van der Waals surface area (Å²) >= 11 is 0. The maximum Gasteiger partial charge on any atom is 0.246 e. The number of amides is 1. The van der Waals surface area contributed by atoms with Gasteiger partial charge in [-0.25, -0.2) is 4.39 Å². The van der Waals surface area contributed by atoms with E-state index in [0.29, 0.717) is 13.1 Å². The molecule has 0 spiro atoms. The number of rotatable bonds is 6. The van der Waals surface area contributed by atoms with E-state index in [1.807, 2.05) is 12.1 Å². The molecule has 0 aliphatic rings. The van der Waals surface area contributed by atoms with Crippen LogP contribution in [0.5, 0.6) is 0 Å². The first-order chi connectivity index (χ1) is 11.2. The summed E-state index contributed by atoms with van der Waals surface area (Å²) in [7, 11) is 0. The zero-order valence-corrected chi connectivity index (χ0v) is 12.5. The van der Waals surface area contributed by atoms with Crippen LogP contribution in [0.2, 0.25) is 0 Å². The average Bonchev–Trinajstić information content (AvgIpc) is 2.58. The summed E-state index contributed by atoms with van der Waals surface area (Å²) in [5.74, 6) is -0.519. The van der Waals surface area contributed by atoms with Crippen molar-refractivity contribution in [3.63, 3.8) is 0 Å². The molecule has 2 rings (SSSR count). The van der Waals surface area contributed by atoms with Gasteiger partial charge in [0.25, 0.3) is 0 Å². The fraction of sp³-hybridized carbons (Fsp3) is 0.167. The van der Waals surface area contributed by atoms with E-state index in [1.54, 1.807) is 41.6 Å². The summed E-state index contributed by atoms with van der Waals surface area (Å²) in [6, 6.07) is 11.6. The van der Waals surface area contributed by atoms with E-state index in [2.05, 4.69) is 4.98 Å². The van der Waals surface area contributed by atoms with Crippen molar-refractivity contribution in [2.45, 2.75) is 13.0 Å². The zero-order valence-electron chi connectivity index (χ0n) is 12.5. The lowest BCUT2D eigenvalue weighted by atomic mass is 10.2. The van der Waals surface area contributed by atoms with Crippen molar-refractivity contribution in [1.29, 1.82) is 5.26 Å². The number of hydrogen-bond donors (Lipinski definition) is 0. The van der Waals surface area contributed by atoms with Crippen LogP contribution in [0.25, 0.3) is 6.08 Å². The molecule has 5 heteroatoms. The first-order valence-corrected chi connectivity index (χ1v) is 7.17. The van der Waals surface area contributed by atoms with Crippen LogP contribution in [0.15, 0.2) is 54.9 Å². The Morgan fingerprint density at radius 3 is 2.74 bits per heavy atom. The molecule has 4 nitrogen and oxygen atoms in total. The Bertz CT molecular complexity index is 705. The molecule has 1 aromatic heterocycles. The number of pyridine rings is 1. The van der Waals surface area contributed by atoms with Gasteiger partial charge >= 0.3 is 0 Å². The summed E-state index contributed by atoms with van der Waals surface area (Å²) in [6.07, 6.45) is 6.68. The minimum atomic E-state index is -0.319. The van der Waals surface area contributed by atoms with Crippen LogP contribution < -0.4 is 0 Å². The average molecular weight is 309 g/mol. The molecule has 0 fully saturated rings. The second-order valence-electron chi connectivity index (χ2n) is 4.91. The topological polar surface area (TPSA) is 57.0 Å². The third-order valence-corrected chi connectivity index (χ3v) is 3.19. The van der Waals surface area contributed by atoms with Gasteiger partial charge in [-0.3, -0.25) is 9.78 Å². The first kappa shape index (κ1) is 16.4. The van der Waals surface area contributed by atoms with Crippen LogP contribution in [0.3, 0.4) is 0 Å². The molecule has 116 valence electrons. The van der Waals surface area contributed by atoms with E-state index in [-0.39, 0.29) is 18.1 Å². The van der Waals surface area contributed by atoms with Crippen molar-refractivity contribution in [1.82, 2.24) is 9.88 Å². The summed E-state index contributed by atoms with van der Waals surface area (Å²) in [5, 5.41) is 8.74. The van der Waals surface area contributed by atoms with E-state index in [4.69, 9.17) is 5.26 Å². The van der Waals surface area contributed by atoms with Crippen LogP contribution in [0, 0.1) is 17.1 Å². The SMILES string of the molecule is N#CCCN(Cc1cccnc1)C(=O)/C=C/c1ccc(F)cc1. The van der Waals surface area contributed by atoms with Gasteiger partial charge in [-0.1, -0.05) is 18.2 Å². The van der Waals surface area contributed by atoms with E-state index >= 15 is 0 Å². The Balaban J connectivity index is 2.06. The van der Waals surface area contributed by atoms with Gasteiger partial charge < -0.3 is 4.90 Å². The Kier molecular flexibility index (Phi) is 6.01. The highest BCUT2D eigenvalue weighted by atomic mass is 19.1. The van der Waals surface area contributed by atoms with Crippen molar-refractivity contribution in [3.05, 3.63) is 71.8 Å². The molecular weight excluding hydrogens is 293 g/mol. The monoisotopic (exact) mass is 309 g/mol. The van der Waals surface area contributed by atoms with E-state index in [0.717, 1.165) is 11.1 Å². The van der Waals surface area contributed by atoms with Crippen LogP contribution in [-0.2, 0) is 11.3 Å². The molecule has 1 heterocycles. The smallest absolute Gasteiger partial charge is 0.246 e. The van der Waals surface area contributed by atoms with Crippen molar-refractivity contribution in [2.75, 3.05) is 6.54 Å². The summed E-state index contributed by atoms with van der Waals surface area (Å²) in [5.41, 5.74) is 1.63. The first-order valence-electron chi connectivity index (χ1n) is 7.17. The summed E-state index contributed by atoms with van der Waals surface area (Å²) in [4.78, 5) is 17.9. The van der Waals surface area contributed by atoms with Gasteiger partial charge in [-0.05, 0) is 35.4 Å². The number of hydrogen-bond acceptors (Lipinski definition) is 3. The van der Waals surface area contributed by atoms with Gasteiger partial charge in [0.2, 0.25) is 5.91 Å². The maximum atomic E-state index is 12.9. The van der Waals surface area contributed by atoms with Crippen LogP contribution in [-0.4, -0.2) is 22.3 Å². The fourth-order valence-electron chi connectivity index (χ4n) is 2.01. The van der Waals surface area contributed by atoms with Crippen LogP contribution in [0.4, 0.5) is 4.39 Å². The molecule has 0 unspecified atom stereocenters. The van der Waals surface area contributed by atoms with E-state index in [9.17, 15) is 9.18 Å². The van der Waals surface area contributed by atoms with Crippen LogP contribution in [0.1, 0.15) is 17.5 Å². The second kappa shape index (κ2) is 8.44. The number of nitrogens with zero attached hydrogens (tertiary/aromatic N) is 3. The lowest BCUT2D eigenvalue weighted by molar-refractivity contribution is -0.126. The van der Waals surface area contributed by atoms with Gasteiger partial charge in [0.15, 0.2) is 0 Å². The number of carbonyl (C=O) groups is 1. The molecule has 0 aliphatic heterocycles. The van der Waals surface area contributed by atoms with Gasteiger partial charge in [-0.2, -0.15) is 5.26 Å². The molecule has 0 N–H and O–H groups in total. The predicted molar refractivity (Wildman–Crippen MR) is 85.3 cm³/mol. The van der Waals surface area contributed by atoms with Gasteiger partial charge in [0, 0.05) is 31.6 Å². The molecule has 0 saturated carbocycles. The van der Waals surface area contributed by atoms with Gasteiger partial charge in [0.05, 0.1) is 12.5 Å². The highest BCUT2D eigenvalue weighted by Gasteiger charge is 2.11. The lowest BCUT2D eigenvalue weighted by Crippen LogP contribution is -2.29. The normalized spacial score (nSPS) is 10.4. The highest BCUT2D eigenvalue weighted by molar-refractivity contribution is 5.91. The molecule has 23 heavy (non-hydrogen) atoms. The van der Waals surface area contributed by atoms with E-state index < -0.39 is 0 Å². The second-order valence-corrected chi connectivity index (χ2v) is 4.91.